The van der Waals surface area contributed by atoms with E-state index in [2.05, 4.69) is 26.2 Å². The lowest BCUT2D eigenvalue weighted by Gasteiger charge is -2.04. The van der Waals surface area contributed by atoms with Crippen LogP contribution in [0.25, 0.3) is 0 Å². The number of hydrogen-bond donors (Lipinski definition) is 1. The summed E-state index contributed by atoms with van der Waals surface area (Å²) in [6, 6.07) is 3.91. The third-order valence-corrected chi connectivity index (χ3v) is 2.03. The minimum atomic E-state index is 0.781. The summed E-state index contributed by atoms with van der Waals surface area (Å²) in [5.41, 5.74) is 0. The maximum absolute atomic E-state index is 4.93. The van der Waals surface area contributed by atoms with Crippen molar-refractivity contribution in [1.82, 2.24) is 4.98 Å². The highest BCUT2D eigenvalue weighted by Gasteiger charge is 1.92. The molecule has 0 amide bonds. The van der Waals surface area contributed by atoms with Gasteiger partial charge in [0.25, 0.3) is 0 Å². The van der Waals surface area contributed by atoms with E-state index in [-0.39, 0.29) is 0 Å². The molecule has 4 heteroatoms. The molecule has 1 heterocycles. The Morgan fingerprint density at radius 2 is 2.38 bits per heavy atom. The molecule has 0 aliphatic rings. The number of nitrogens with zero attached hydrogens (tertiary/aromatic N) is 1. The summed E-state index contributed by atoms with van der Waals surface area (Å²) in [7, 11) is 1.71. The maximum Gasteiger partial charge on any atom is 0.125 e. The van der Waals surface area contributed by atoms with E-state index >= 15 is 0 Å². The van der Waals surface area contributed by atoms with E-state index in [9.17, 15) is 0 Å². The highest BCUT2D eigenvalue weighted by atomic mass is 79.9. The van der Waals surface area contributed by atoms with Crippen LogP contribution in [0.1, 0.15) is 6.42 Å². The molecule has 0 aromatic carbocycles. The number of rotatable bonds is 5. The van der Waals surface area contributed by atoms with Crippen LogP contribution in [0, 0.1) is 0 Å². The van der Waals surface area contributed by atoms with Crippen molar-refractivity contribution in [3.63, 3.8) is 0 Å². The second-order valence-corrected chi connectivity index (χ2v) is 3.55. The number of anilines is 1. The molecule has 0 saturated heterocycles. The molecule has 0 fully saturated rings. The van der Waals surface area contributed by atoms with E-state index in [1.54, 1.807) is 13.3 Å². The average molecular weight is 245 g/mol. The number of methoxy groups -OCH3 is 1. The van der Waals surface area contributed by atoms with E-state index < -0.39 is 0 Å². The largest absolute Gasteiger partial charge is 0.385 e. The molecule has 1 N–H and O–H groups in total. The Hall–Kier alpha value is -0.610. The minimum Gasteiger partial charge on any atom is -0.385 e. The molecule has 1 aromatic rings. The Bertz CT molecular complexity index is 238. The number of hydrogen-bond acceptors (Lipinski definition) is 3. The summed E-state index contributed by atoms with van der Waals surface area (Å²) in [4.78, 5) is 4.18. The lowest BCUT2D eigenvalue weighted by Crippen LogP contribution is -2.05. The first kappa shape index (κ1) is 10.5. The van der Waals surface area contributed by atoms with Crippen LogP contribution in [0.5, 0.6) is 0 Å². The summed E-state index contributed by atoms with van der Waals surface area (Å²) in [6.45, 7) is 1.67. The van der Waals surface area contributed by atoms with Gasteiger partial charge in [-0.05, 0) is 34.5 Å². The molecule has 0 saturated carbocycles. The topological polar surface area (TPSA) is 34.1 Å². The number of aromatic nitrogens is 1. The predicted octanol–water partition coefficient (Wildman–Crippen LogP) is 2.29. The van der Waals surface area contributed by atoms with Gasteiger partial charge >= 0.3 is 0 Å². The van der Waals surface area contributed by atoms with Crippen LogP contribution in [0.4, 0.5) is 5.82 Å². The zero-order valence-corrected chi connectivity index (χ0v) is 9.17. The molecule has 0 spiro atoms. The van der Waals surface area contributed by atoms with Crippen molar-refractivity contribution in [3.8, 4) is 0 Å². The summed E-state index contributed by atoms with van der Waals surface area (Å²) in [5, 5.41) is 3.19. The highest BCUT2D eigenvalue weighted by molar-refractivity contribution is 9.10. The van der Waals surface area contributed by atoms with Crippen molar-refractivity contribution in [2.24, 2.45) is 0 Å². The first-order chi connectivity index (χ1) is 6.33. The quantitative estimate of drug-likeness (QED) is 0.808. The smallest absolute Gasteiger partial charge is 0.125 e. The van der Waals surface area contributed by atoms with Gasteiger partial charge in [0, 0.05) is 30.9 Å². The number of halogens is 1. The Morgan fingerprint density at radius 1 is 1.54 bits per heavy atom. The number of nitrogens with one attached hydrogen (secondary N) is 1. The zero-order valence-electron chi connectivity index (χ0n) is 7.59. The van der Waals surface area contributed by atoms with Crippen LogP contribution < -0.4 is 5.32 Å². The zero-order chi connectivity index (χ0) is 9.52. The highest BCUT2D eigenvalue weighted by Crippen LogP contribution is 2.10. The van der Waals surface area contributed by atoms with Crippen LogP contribution in [0.2, 0.25) is 0 Å². The summed E-state index contributed by atoms with van der Waals surface area (Å²) in [6.07, 6.45) is 2.77. The molecule has 13 heavy (non-hydrogen) atoms. The fourth-order valence-electron chi connectivity index (χ4n) is 0.913. The normalized spacial score (nSPS) is 10.0. The van der Waals surface area contributed by atoms with Gasteiger partial charge in [-0.1, -0.05) is 0 Å². The van der Waals surface area contributed by atoms with Crippen LogP contribution in [0.3, 0.4) is 0 Å². The third kappa shape index (κ3) is 4.24. The van der Waals surface area contributed by atoms with Crippen molar-refractivity contribution in [3.05, 3.63) is 22.8 Å². The van der Waals surface area contributed by atoms with Gasteiger partial charge in [0.1, 0.15) is 5.82 Å². The number of pyridine rings is 1. The monoisotopic (exact) mass is 244 g/mol. The van der Waals surface area contributed by atoms with E-state index in [0.29, 0.717) is 0 Å². The molecule has 1 aromatic heterocycles. The Labute approximate surface area is 86.6 Å². The summed E-state index contributed by atoms with van der Waals surface area (Å²) in [5.74, 6) is 0.902. The van der Waals surface area contributed by atoms with Gasteiger partial charge < -0.3 is 10.1 Å². The lowest BCUT2D eigenvalue weighted by molar-refractivity contribution is 0.198. The van der Waals surface area contributed by atoms with Gasteiger partial charge in [0.15, 0.2) is 0 Å². The van der Waals surface area contributed by atoms with Crippen molar-refractivity contribution in [2.45, 2.75) is 6.42 Å². The van der Waals surface area contributed by atoms with Gasteiger partial charge in [0.05, 0.1) is 0 Å². The molecule has 0 aliphatic carbocycles. The molecule has 1 rings (SSSR count). The van der Waals surface area contributed by atoms with Crippen molar-refractivity contribution in [1.29, 1.82) is 0 Å². The molecule has 0 atom stereocenters. The maximum atomic E-state index is 4.93. The molecule has 0 radical (unpaired) electrons. The molecule has 0 aliphatic heterocycles. The Balaban J connectivity index is 2.25. The van der Waals surface area contributed by atoms with E-state index in [4.69, 9.17) is 4.74 Å². The molecular weight excluding hydrogens is 232 g/mol. The van der Waals surface area contributed by atoms with Gasteiger partial charge in [0.2, 0.25) is 0 Å². The lowest BCUT2D eigenvalue weighted by atomic mass is 10.4. The SMILES string of the molecule is COCCCNc1ccc(Br)cn1. The third-order valence-electron chi connectivity index (χ3n) is 1.56. The molecule has 0 unspecified atom stereocenters. The molecule has 72 valence electrons. The average Bonchev–Trinajstić information content (AvgIpc) is 2.15. The fourth-order valence-corrected chi connectivity index (χ4v) is 1.15. The van der Waals surface area contributed by atoms with Gasteiger partial charge in [-0.3, -0.25) is 0 Å². The van der Waals surface area contributed by atoms with Crippen LogP contribution in [-0.2, 0) is 4.74 Å². The van der Waals surface area contributed by atoms with E-state index in [1.165, 1.54) is 0 Å². The van der Waals surface area contributed by atoms with E-state index in [0.717, 1.165) is 29.9 Å². The van der Waals surface area contributed by atoms with Gasteiger partial charge in [-0.25, -0.2) is 4.98 Å². The van der Waals surface area contributed by atoms with Crippen LogP contribution >= 0.6 is 15.9 Å². The first-order valence-corrected chi connectivity index (χ1v) is 4.96. The first-order valence-electron chi connectivity index (χ1n) is 4.17. The molecule has 3 nitrogen and oxygen atoms in total. The summed E-state index contributed by atoms with van der Waals surface area (Å²) < 4.78 is 5.93. The second-order valence-electron chi connectivity index (χ2n) is 2.63. The standard InChI is InChI=1S/C9H13BrN2O/c1-13-6-2-5-11-9-4-3-8(10)7-12-9/h3-4,7H,2,5-6H2,1H3,(H,11,12). The van der Waals surface area contributed by atoms with Gasteiger partial charge in [-0.15, -0.1) is 0 Å². The number of ether oxygens (including phenoxy) is 1. The van der Waals surface area contributed by atoms with Crippen molar-refractivity contribution >= 4 is 21.7 Å². The predicted molar refractivity (Wildman–Crippen MR) is 56.9 cm³/mol. The van der Waals surface area contributed by atoms with Gasteiger partial charge in [-0.2, -0.15) is 0 Å². The fraction of sp³-hybridized carbons (Fsp3) is 0.444. The van der Waals surface area contributed by atoms with Crippen molar-refractivity contribution in [2.75, 3.05) is 25.6 Å². The second kappa shape index (κ2) is 5.94. The minimum absolute atomic E-state index is 0.781. The van der Waals surface area contributed by atoms with Crippen LogP contribution in [-0.4, -0.2) is 25.2 Å². The van der Waals surface area contributed by atoms with E-state index in [1.807, 2.05) is 12.1 Å². The molecular formula is C9H13BrN2O. The van der Waals surface area contributed by atoms with Crippen molar-refractivity contribution < 1.29 is 4.74 Å². The van der Waals surface area contributed by atoms with Crippen LogP contribution in [0.15, 0.2) is 22.8 Å². The summed E-state index contributed by atoms with van der Waals surface area (Å²) >= 11 is 3.33. The Morgan fingerprint density at radius 3 is 3.00 bits per heavy atom. The molecule has 0 bridgehead atoms. The Kier molecular flexibility index (Phi) is 4.78.